The lowest BCUT2D eigenvalue weighted by atomic mass is 9.97. The molecule has 1 aromatic carbocycles. The van der Waals surface area contributed by atoms with Crippen molar-refractivity contribution in [1.29, 1.82) is 0 Å². The van der Waals surface area contributed by atoms with Crippen LogP contribution in [0, 0.1) is 0 Å². The van der Waals surface area contributed by atoms with E-state index >= 15 is 0 Å². The van der Waals surface area contributed by atoms with Crippen LogP contribution in [0.25, 0.3) is 0 Å². The third-order valence-electron chi connectivity index (χ3n) is 4.10. The van der Waals surface area contributed by atoms with Crippen molar-refractivity contribution in [3.63, 3.8) is 0 Å². The van der Waals surface area contributed by atoms with Gasteiger partial charge in [0.2, 0.25) is 0 Å². The molecular formula is C16H25NO. The Balaban J connectivity index is 1.84. The van der Waals surface area contributed by atoms with E-state index in [0.717, 1.165) is 25.3 Å². The zero-order valence-corrected chi connectivity index (χ0v) is 11.6. The first-order chi connectivity index (χ1) is 8.67. The molecule has 0 unspecified atom stereocenters. The molecule has 0 bridgehead atoms. The lowest BCUT2D eigenvalue weighted by Crippen LogP contribution is -2.39. The zero-order chi connectivity index (χ0) is 13.0. The van der Waals surface area contributed by atoms with Crippen molar-refractivity contribution in [1.82, 2.24) is 5.32 Å². The number of nitrogens with one attached hydrogen (secondary N) is 1. The molecule has 2 rings (SSSR count). The van der Waals surface area contributed by atoms with E-state index < -0.39 is 5.60 Å². The van der Waals surface area contributed by atoms with Gasteiger partial charge in [0.05, 0.1) is 5.60 Å². The van der Waals surface area contributed by atoms with Crippen LogP contribution in [0.2, 0.25) is 0 Å². The summed E-state index contributed by atoms with van der Waals surface area (Å²) in [6.07, 6.45) is 4.31. The molecule has 0 aliphatic heterocycles. The van der Waals surface area contributed by atoms with E-state index in [1.807, 2.05) is 13.8 Å². The van der Waals surface area contributed by atoms with Gasteiger partial charge >= 0.3 is 0 Å². The number of rotatable bonds is 7. The Labute approximate surface area is 110 Å². The smallest absolute Gasteiger partial charge is 0.0766 e. The molecule has 1 aliphatic rings. The minimum atomic E-state index is -0.548. The standard InChI is InChI=1S/C16H25NO/c1-3-16(18,4-2)12-17-11-13-6-5-7-15(10-13)14-8-9-14/h5-7,10,14,17-18H,3-4,8-9,11-12H2,1-2H3. The zero-order valence-electron chi connectivity index (χ0n) is 11.6. The second-order valence-corrected chi connectivity index (χ2v) is 5.55. The molecule has 1 aromatic rings. The minimum Gasteiger partial charge on any atom is -0.389 e. The average molecular weight is 247 g/mol. The molecule has 18 heavy (non-hydrogen) atoms. The first-order valence-corrected chi connectivity index (χ1v) is 7.19. The van der Waals surface area contributed by atoms with Crippen molar-refractivity contribution in [3.8, 4) is 0 Å². The topological polar surface area (TPSA) is 32.3 Å². The Morgan fingerprint density at radius 3 is 2.61 bits per heavy atom. The molecule has 1 fully saturated rings. The van der Waals surface area contributed by atoms with Crippen LogP contribution < -0.4 is 5.32 Å². The second kappa shape index (κ2) is 5.85. The van der Waals surface area contributed by atoms with Crippen LogP contribution in [0.4, 0.5) is 0 Å². The maximum Gasteiger partial charge on any atom is 0.0766 e. The summed E-state index contributed by atoms with van der Waals surface area (Å²) >= 11 is 0. The Kier molecular flexibility index (Phi) is 4.41. The molecule has 0 radical (unpaired) electrons. The van der Waals surface area contributed by atoms with Gasteiger partial charge in [-0.15, -0.1) is 0 Å². The largest absolute Gasteiger partial charge is 0.389 e. The molecule has 2 heteroatoms. The van der Waals surface area contributed by atoms with Gasteiger partial charge in [-0.1, -0.05) is 38.1 Å². The summed E-state index contributed by atoms with van der Waals surface area (Å²) in [6.45, 7) is 5.61. The Morgan fingerprint density at radius 2 is 2.00 bits per heavy atom. The molecule has 100 valence electrons. The van der Waals surface area contributed by atoms with Crippen molar-refractivity contribution in [3.05, 3.63) is 35.4 Å². The Hall–Kier alpha value is -0.860. The van der Waals surface area contributed by atoms with E-state index in [2.05, 4.69) is 29.6 Å². The lowest BCUT2D eigenvalue weighted by Gasteiger charge is -2.25. The lowest BCUT2D eigenvalue weighted by molar-refractivity contribution is 0.0323. The van der Waals surface area contributed by atoms with Gasteiger partial charge < -0.3 is 10.4 Å². The molecule has 0 spiro atoms. The maximum atomic E-state index is 10.2. The Bertz CT molecular complexity index is 380. The van der Waals surface area contributed by atoms with Gasteiger partial charge in [-0.05, 0) is 42.7 Å². The summed E-state index contributed by atoms with van der Waals surface area (Å²) in [4.78, 5) is 0. The van der Waals surface area contributed by atoms with Crippen molar-refractivity contribution < 1.29 is 5.11 Å². The predicted octanol–water partition coefficient (Wildman–Crippen LogP) is 3.20. The van der Waals surface area contributed by atoms with E-state index in [4.69, 9.17) is 0 Å². The fourth-order valence-corrected chi connectivity index (χ4v) is 2.31. The van der Waals surface area contributed by atoms with Gasteiger partial charge in [0.25, 0.3) is 0 Å². The van der Waals surface area contributed by atoms with Crippen LogP contribution in [-0.2, 0) is 6.54 Å². The van der Waals surface area contributed by atoms with E-state index in [1.165, 1.54) is 24.0 Å². The molecule has 0 saturated heterocycles. The van der Waals surface area contributed by atoms with Crippen LogP contribution >= 0.6 is 0 Å². The van der Waals surface area contributed by atoms with Crippen molar-refractivity contribution in [2.45, 2.75) is 57.6 Å². The van der Waals surface area contributed by atoms with Gasteiger partial charge in [0.15, 0.2) is 0 Å². The number of aliphatic hydroxyl groups is 1. The Morgan fingerprint density at radius 1 is 1.28 bits per heavy atom. The van der Waals surface area contributed by atoms with Gasteiger partial charge in [0.1, 0.15) is 0 Å². The normalized spacial score (nSPS) is 15.9. The second-order valence-electron chi connectivity index (χ2n) is 5.55. The van der Waals surface area contributed by atoms with E-state index in [1.54, 1.807) is 0 Å². The third kappa shape index (κ3) is 3.56. The molecule has 2 nitrogen and oxygen atoms in total. The predicted molar refractivity (Wildman–Crippen MR) is 75.7 cm³/mol. The highest BCUT2D eigenvalue weighted by molar-refractivity contribution is 5.29. The molecule has 1 aliphatic carbocycles. The molecule has 0 aromatic heterocycles. The highest BCUT2D eigenvalue weighted by atomic mass is 16.3. The van der Waals surface area contributed by atoms with E-state index in [9.17, 15) is 5.11 Å². The first kappa shape index (κ1) is 13.6. The monoisotopic (exact) mass is 247 g/mol. The van der Waals surface area contributed by atoms with Crippen LogP contribution in [0.1, 0.15) is 56.6 Å². The van der Waals surface area contributed by atoms with Crippen molar-refractivity contribution in [2.24, 2.45) is 0 Å². The third-order valence-corrected chi connectivity index (χ3v) is 4.10. The highest BCUT2D eigenvalue weighted by Gasteiger charge is 2.23. The fraction of sp³-hybridized carbons (Fsp3) is 0.625. The fourth-order valence-electron chi connectivity index (χ4n) is 2.31. The van der Waals surface area contributed by atoms with Crippen LogP contribution in [-0.4, -0.2) is 17.3 Å². The summed E-state index contributed by atoms with van der Waals surface area (Å²) in [6, 6.07) is 8.85. The number of benzene rings is 1. The quantitative estimate of drug-likeness (QED) is 0.775. The molecule has 1 saturated carbocycles. The summed E-state index contributed by atoms with van der Waals surface area (Å²) in [5.41, 5.74) is 2.26. The van der Waals surface area contributed by atoms with Crippen molar-refractivity contribution in [2.75, 3.05) is 6.54 Å². The summed E-state index contributed by atoms with van der Waals surface area (Å²) in [5.74, 6) is 0.813. The SMILES string of the molecule is CCC(O)(CC)CNCc1cccc(C2CC2)c1. The van der Waals surface area contributed by atoms with Gasteiger partial charge in [-0.2, -0.15) is 0 Å². The molecule has 0 amide bonds. The van der Waals surface area contributed by atoms with Crippen LogP contribution in [0.3, 0.4) is 0 Å². The average Bonchev–Trinajstić information content (AvgIpc) is 3.23. The van der Waals surface area contributed by atoms with Gasteiger partial charge in [-0.3, -0.25) is 0 Å². The van der Waals surface area contributed by atoms with E-state index in [-0.39, 0.29) is 0 Å². The maximum absolute atomic E-state index is 10.2. The summed E-state index contributed by atoms with van der Waals surface area (Å²) < 4.78 is 0. The summed E-state index contributed by atoms with van der Waals surface area (Å²) in [7, 11) is 0. The van der Waals surface area contributed by atoms with Crippen LogP contribution in [0.15, 0.2) is 24.3 Å². The number of hydrogen-bond donors (Lipinski definition) is 2. The number of hydrogen-bond acceptors (Lipinski definition) is 2. The highest BCUT2D eigenvalue weighted by Crippen LogP contribution is 2.40. The minimum absolute atomic E-state index is 0.548. The van der Waals surface area contributed by atoms with Crippen molar-refractivity contribution >= 4 is 0 Å². The van der Waals surface area contributed by atoms with Gasteiger partial charge in [0, 0.05) is 13.1 Å². The molecule has 2 N–H and O–H groups in total. The first-order valence-electron chi connectivity index (χ1n) is 7.19. The van der Waals surface area contributed by atoms with Gasteiger partial charge in [-0.25, -0.2) is 0 Å². The van der Waals surface area contributed by atoms with E-state index in [0.29, 0.717) is 6.54 Å². The summed E-state index contributed by atoms with van der Waals surface area (Å²) in [5, 5.41) is 13.6. The molecule has 0 heterocycles. The molecule has 0 atom stereocenters. The molecular weight excluding hydrogens is 222 g/mol. The van der Waals surface area contributed by atoms with Crippen LogP contribution in [0.5, 0.6) is 0 Å².